The van der Waals surface area contributed by atoms with Crippen molar-refractivity contribution in [2.75, 3.05) is 0 Å². The second kappa shape index (κ2) is 7.61. The molecule has 0 aliphatic carbocycles. The molecule has 2 aromatic carbocycles. The van der Waals surface area contributed by atoms with Crippen LogP contribution in [0.25, 0.3) is 5.69 Å². The van der Waals surface area contributed by atoms with Gasteiger partial charge in [-0.15, -0.1) is 0 Å². The summed E-state index contributed by atoms with van der Waals surface area (Å²) in [6, 6.07) is 11.9. The third-order valence-electron chi connectivity index (χ3n) is 4.07. The van der Waals surface area contributed by atoms with Crippen molar-refractivity contribution in [2.24, 2.45) is 0 Å². The van der Waals surface area contributed by atoms with Crippen LogP contribution in [-0.2, 0) is 17.4 Å². The molecule has 0 aliphatic heterocycles. The van der Waals surface area contributed by atoms with Gasteiger partial charge in [-0.3, -0.25) is 4.79 Å². The fourth-order valence-corrected chi connectivity index (χ4v) is 2.68. The van der Waals surface area contributed by atoms with E-state index < -0.39 is 11.7 Å². The van der Waals surface area contributed by atoms with Crippen LogP contribution >= 0.6 is 0 Å². The number of benzene rings is 2. The summed E-state index contributed by atoms with van der Waals surface area (Å²) >= 11 is 0. The highest BCUT2D eigenvalue weighted by Gasteiger charge is 2.30. The summed E-state index contributed by atoms with van der Waals surface area (Å²) in [5.74, 6) is -0.345. The van der Waals surface area contributed by atoms with E-state index in [2.05, 4.69) is 15.4 Å². The van der Waals surface area contributed by atoms with E-state index in [0.29, 0.717) is 5.56 Å². The van der Waals surface area contributed by atoms with Crippen molar-refractivity contribution in [3.63, 3.8) is 0 Å². The molecule has 0 bridgehead atoms. The number of carbonyl (C=O) groups is 1. The highest BCUT2D eigenvalue weighted by Crippen LogP contribution is 2.29. The number of halogens is 3. The van der Waals surface area contributed by atoms with Gasteiger partial charge in [0.05, 0.1) is 23.7 Å². The molecule has 3 aromatic rings. The molecule has 8 heteroatoms. The van der Waals surface area contributed by atoms with E-state index >= 15 is 0 Å². The minimum atomic E-state index is -4.42. The lowest BCUT2D eigenvalue weighted by molar-refractivity contribution is -0.137. The summed E-state index contributed by atoms with van der Waals surface area (Å²) in [6.07, 6.45) is -1.53. The van der Waals surface area contributed by atoms with Gasteiger partial charge in [-0.25, -0.2) is 9.67 Å². The summed E-state index contributed by atoms with van der Waals surface area (Å²) in [6.45, 7) is 1.81. The van der Waals surface area contributed by atoms with Gasteiger partial charge in [0.2, 0.25) is 5.91 Å². The Labute approximate surface area is 153 Å². The Morgan fingerprint density at radius 3 is 2.56 bits per heavy atom. The number of hydrogen-bond acceptors (Lipinski definition) is 3. The number of alkyl halides is 3. The zero-order chi connectivity index (χ0) is 19.4. The second-order valence-electron chi connectivity index (χ2n) is 6.10. The van der Waals surface area contributed by atoms with Crippen LogP contribution in [0.3, 0.4) is 0 Å². The molecule has 3 rings (SSSR count). The SMILES string of the molecule is C[C@@H](NC(=O)Cc1cccc(C(F)(F)F)c1)c1ccc(-n2cncn2)cc1. The van der Waals surface area contributed by atoms with Crippen LogP contribution in [0.2, 0.25) is 0 Å². The number of carbonyl (C=O) groups excluding carboxylic acids is 1. The van der Waals surface area contributed by atoms with E-state index in [4.69, 9.17) is 0 Å². The highest BCUT2D eigenvalue weighted by molar-refractivity contribution is 5.79. The van der Waals surface area contributed by atoms with Crippen LogP contribution in [0.5, 0.6) is 0 Å². The van der Waals surface area contributed by atoms with Gasteiger partial charge in [0.1, 0.15) is 12.7 Å². The molecule has 1 heterocycles. The maximum atomic E-state index is 12.8. The summed E-state index contributed by atoms with van der Waals surface area (Å²) in [4.78, 5) is 16.1. The van der Waals surface area contributed by atoms with Crippen molar-refractivity contribution < 1.29 is 18.0 Å². The zero-order valence-corrected chi connectivity index (χ0v) is 14.4. The zero-order valence-electron chi connectivity index (χ0n) is 14.4. The number of amides is 1. The predicted molar refractivity (Wildman–Crippen MR) is 93.1 cm³/mol. The molecule has 0 unspecified atom stereocenters. The van der Waals surface area contributed by atoms with Gasteiger partial charge in [0.15, 0.2) is 0 Å². The Morgan fingerprint density at radius 1 is 1.19 bits per heavy atom. The molecule has 140 valence electrons. The average Bonchev–Trinajstić information content (AvgIpc) is 3.16. The topological polar surface area (TPSA) is 59.8 Å². The first-order valence-corrected chi connectivity index (χ1v) is 8.23. The van der Waals surface area contributed by atoms with Gasteiger partial charge in [0.25, 0.3) is 0 Å². The molecule has 0 saturated carbocycles. The Kier molecular flexibility index (Phi) is 5.25. The summed E-state index contributed by atoms with van der Waals surface area (Å²) < 4.78 is 39.9. The molecule has 1 atom stereocenters. The lowest BCUT2D eigenvalue weighted by Gasteiger charge is -2.15. The highest BCUT2D eigenvalue weighted by atomic mass is 19.4. The number of aromatic nitrogens is 3. The van der Waals surface area contributed by atoms with Gasteiger partial charge in [-0.1, -0.05) is 30.3 Å². The van der Waals surface area contributed by atoms with Gasteiger partial charge in [0, 0.05) is 0 Å². The molecule has 27 heavy (non-hydrogen) atoms. The minimum absolute atomic E-state index is 0.120. The third kappa shape index (κ3) is 4.72. The van der Waals surface area contributed by atoms with Crippen LogP contribution < -0.4 is 5.32 Å². The first-order chi connectivity index (χ1) is 12.8. The van der Waals surface area contributed by atoms with Crippen LogP contribution in [0.4, 0.5) is 13.2 Å². The number of hydrogen-bond donors (Lipinski definition) is 1. The molecule has 0 aliphatic rings. The summed E-state index contributed by atoms with van der Waals surface area (Å²) in [5.41, 5.74) is 1.26. The molecular formula is C19H17F3N4O. The molecule has 1 aromatic heterocycles. The Hall–Kier alpha value is -3.16. The van der Waals surface area contributed by atoms with Crippen molar-refractivity contribution >= 4 is 5.91 Å². The molecule has 0 fully saturated rings. The lowest BCUT2D eigenvalue weighted by Crippen LogP contribution is -2.28. The molecule has 0 radical (unpaired) electrons. The number of nitrogens with one attached hydrogen (secondary N) is 1. The van der Waals surface area contributed by atoms with Crippen LogP contribution in [0, 0.1) is 0 Å². The quantitative estimate of drug-likeness (QED) is 0.741. The van der Waals surface area contributed by atoms with E-state index in [1.807, 2.05) is 31.2 Å². The monoisotopic (exact) mass is 374 g/mol. The van der Waals surface area contributed by atoms with Crippen molar-refractivity contribution in [1.82, 2.24) is 20.1 Å². The van der Waals surface area contributed by atoms with Gasteiger partial charge < -0.3 is 5.32 Å². The Morgan fingerprint density at radius 2 is 1.93 bits per heavy atom. The van der Waals surface area contributed by atoms with E-state index in [1.165, 1.54) is 18.5 Å². The van der Waals surface area contributed by atoms with Crippen molar-refractivity contribution in [2.45, 2.75) is 25.6 Å². The van der Waals surface area contributed by atoms with E-state index in [1.54, 1.807) is 11.0 Å². The third-order valence-corrected chi connectivity index (χ3v) is 4.07. The average molecular weight is 374 g/mol. The van der Waals surface area contributed by atoms with Crippen molar-refractivity contribution in [3.05, 3.63) is 77.9 Å². The molecule has 0 saturated heterocycles. The summed E-state index contributed by atoms with van der Waals surface area (Å²) in [7, 11) is 0. The fourth-order valence-electron chi connectivity index (χ4n) is 2.68. The minimum Gasteiger partial charge on any atom is -0.349 e. The van der Waals surface area contributed by atoms with Crippen LogP contribution in [0.1, 0.15) is 29.7 Å². The Balaban J connectivity index is 1.62. The number of rotatable bonds is 5. The normalized spacial score (nSPS) is 12.6. The Bertz CT molecular complexity index is 905. The van der Waals surface area contributed by atoms with Crippen molar-refractivity contribution in [1.29, 1.82) is 0 Å². The van der Waals surface area contributed by atoms with Gasteiger partial charge in [-0.2, -0.15) is 18.3 Å². The van der Waals surface area contributed by atoms with Gasteiger partial charge >= 0.3 is 6.18 Å². The van der Waals surface area contributed by atoms with Crippen LogP contribution in [0.15, 0.2) is 61.2 Å². The van der Waals surface area contributed by atoms with E-state index in [-0.39, 0.29) is 18.4 Å². The predicted octanol–water partition coefficient (Wildman–Crippen LogP) is 3.71. The standard InChI is InChI=1S/C19H17F3N4O/c1-13(15-5-7-17(8-6-15)26-12-23-11-24-26)25-18(27)10-14-3-2-4-16(9-14)19(20,21)22/h2-9,11-13H,10H2,1H3,(H,25,27)/t13-/m1/s1. The molecule has 0 spiro atoms. The second-order valence-corrected chi connectivity index (χ2v) is 6.10. The first-order valence-electron chi connectivity index (χ1n) is 8.23. The molecule has 1 N–H and O–H groups in total. The maximum absolute atomic E-state index is 12.8. The molecule has 1 amide bonds. The largest absolute Gasteiger partial charge is 0.416 e. The number of nitrogens with zero attached hydrogens (tertiary/aromatic N) is 3. The fraction of sp³-hybridized carbons (Fsp3) is 0.211. The maximum Gasteiger partial charge on any atom is 0.416 e. The smallest absolute Gasteiger partial charge is 0.349 e. The molecular weight excluding hydrogens is 357 g/mol. The van der Waals surface area contributed by atoms with Crippen molar-refractivity contribution in [3.8, 4) is 5.69 Å². The lowest BCUT2D eigenvalue weighted by atomic mass is 10.1. The van der Waals surface area contributed by atoms with Gasteiger partial charge in [-0.05, 0) is 36.2 Å². The van der Waals surface area contributed by atoms with E-state index in [0.717, 1.165) is 23.4 Å². The van der Waals surface area contributed by atoms with Crippen LogP contribution in [-0.4, -0.2) is 20.7 Å². The summed E-state index contributed by atoms with van der Waals surface area (Å²) in [5, 5.41) is 6.84. The van der Waals surface area contributed by atoms with E-state index in [9.17, 15) is 18.0 Å². The molecule has 5 nitrogen and oxygen atoms in total. The first kappa shape index (κ1) is 18.6.